The minimum Gasteiger partial charge on any atom is -0.328 e. The molecular weight excluding hydrogens is 179 g/mol. The van der Waals surface area contributed by atoms with E-state index in [4.69, 9.17) is 0 Å². The molecule has 0 fully saturated rings. The lowest BCUT2D eigenvalue weighted by Crippen LogP contribution is -2.42. The van der Waals surface area contributed by atoms with Gasteiger partial charge < -0.3 is 9.38 Å². The van der Waals surface area contributed by atoms with Gasteiger partial charge in [0, 0.05) is 13.0 Å². The zero-order valence-corrected chi connectivity index (χ0v) is 10.9. The quantitative estimate of drug-likeness (QED) is 0.447. The third kappa shape index (κ3) is 8.67. The van der Waals surface area contributed by atoms with Crippen molar-refractivity contribution in [3.63, 3.8) is 0 Å². The molecule has 0 aromatic carbocycles. The number of quaternary nitrogens is 1. The van der Waals surface area contributed by atoms with E-state index in [0.717, 1.165) is 0 Å². The maximum atomic E-state index is 2.80. The van der Waals surface area contributed by atoms with Crippen molar-refractivity contribution in [2.75, 3.05) is 54.0 Å². The summed E-state index contributed by atoms with van der Waals surface area (Å²) in [4.78, 5) is 2.26. The molecule has 0 rings (SSSR count). The summed E-state index contributed by atoms with van der Waals surface area (Å²) in [5.74, 6) is 0. The van der Waals surface area contributed by atoms with Crippen LogP contribution in [-0.2, 0) is 0 Å². The van der Waals surface area contributed by atoms with Gasteiger partial charge in [-0.15, -0.1) is 9.24 Å². The fourth-order valence-corrected chi connectivity index (χ4v) is 1.63. The fourth-order valence-electron chi connectivity index (χ4n) is 1.45. The van der Waals surface area contributed by atoms with Crippen LogP contribution in [0.2, 0.25) is 0 Å². The van der Waals surface area contributed by atoms with Crippen LogP contribution in [0.1, 0.15) is 12.8 Å². The first-order chi connectivity index (χ1) is 5.98. The predicted molar refractivity (Wildman–Crippen MR) is 64.2 cm³/mol. The van der Waals surface area contributed by atoms with Crippen molar-refractivity contribution < 1.29 is 4.48 Å². The topological polar surface area (TPSA) is 3.24 Å². The van der Waals surface area contributed by atoms with Gasteiger partial charge in [-0.25, -0.2) is 0 Å². The van der Waals surface area contributed by atoms with Crippen molar-refractivity contribution in [2.45, 2.75) is 12.8 Å². The molecule has 0 aromatic heterocycles. The molecule has 0 N–H and O–H groups in total. The SMILES string of the molecule is CN(C)CCC[N+](C)(C)CCCP. The molecule has 0 aliphatic heterocycles. The van der Waals surface area contributed by atoms with Crippen LogP contribution in [0.4, 0.5) is 0 Å². The highest BCUT2D eigenvalue weighted by atomic mass is 31.0. The minimum atomic E-state index is 1.17. The fraction of sp³-hybridized carbons (Fsp3) is 1.00. The summed E-state index contributed by atoms with van der Waals surface area (Å²) >= 11 is 0. The molecular formula is C10H26N2P+. The van der Waals surface area contributed by atoms with Crippen LogP contribution in [-0.4, -0.2) is 63.4 Å². The Hall–Kier alpha value is 0.350. The maximum absolute atomic E-state index is 2.80. The Morgan fingerprint density at radius 1 is 1.08 bits per heavy atom. The van der Waals surface area contributed by atoms with Crippen LogP contribution >= 0.6 is 9.24 Å². The molecule has 0 bridgehead atoms. The van der Waals surface area contributed by atoms with Crippen LogP contribution in [0.3, 0.4) is 0 Å². The van der Waals surface area contributed by atoms with E-state index >= 15 is 0 Å². The Balaban J connectivity index is 3.50. The van der Waals surface area contributed by atoms with Crippen molar-refractivity contribution in [3.8, 4) is 0 Å². The smallest absolute Gasteiger partial charge is 0.0794 e. The van der Waals surface area contributed by atoms with Crippen LogP contribution in [0.25, 0.3) is 0 Å². The number of rotatable bonds is 7. The predicted octanol–water partition coefficient (Wildman–Crippen LogP) is 1.28. The van der Waals surface area contributed by atoms with E-state index < -0.39 is 0 Å². The third-order valence-electron chi connectivity index (χ3n) is 2.34. The van der Waals surface area contributed by atoms with Crippen molar-refractivity contribution in [1.29, 1.82) is 0 Å². The second kappa shape index (κ2) is 6.75. The van der Waals surface area contributed by atoms with E-state index in [0.29, 0.717) is 0 Å². The van der Waals surface area contributed by atoms with Crippen molar-refractivity contribution >= 4 is 9.24 Å². The van der Waals surface area contributed by atoms with Crippen molar-refractivity contribution in [3.05, 3.63) is 0 Å². The molecule has 0 spiro atoms. The summed E-state index contributed by atoms with van der Waals surface area (Å²) in [6.07, 6.45) is 3.85. The summed E-state index contributed by atoms with van der Waals surface area (Å²) in [6, 6.07) is 0. The molecule has 0 saturated heterocycles. The van der Waals surface area contributed by atoms with Crippen molar-refractivity contribution in [1.82, 2.24) is 4.90 Å². The van der Waals surface area contributed by atoms with Gasteiger partial charge >= 0.3 is 0 Å². The molecule has 0 aromatic rings. The van der Waals surface area contributed by atoms with Gasteiger partial charge in [-0.1, -0.05) is 0 Å². The van der Waals surface area contributed by atoms with Gasteiger partial charge in [0.05, 0.1) is 27.2 Å². The number of nitrogens with zero attached hydrogens (tertiary/aromatic N) is 2. The summed E-state index contributed by atoms with van der Waals surface area (Å²) in [5.41, 5.74) is 0. The second-order valence-electron chi connectivity index (χ2n) is 4.68. The van der Waals surface area contributed by atoms with E-state index in [1.165, 1.54) is 43.1 Å². The average Bonchev–Trinajstić information content (AvgIpc) is 2.00. The molecule has 0 aliphatic carbocycles. The van der Waals surface area contributed by atoms with Crippen molar-refractivity contribution in [2.24, 2.45) is 0 Å². The zero-order valence-electron chi connectivity index (χ0n) is 9.71. The number of hydrogen-bond donors (Lipinski definition) is 0. The normalized spacial score (nSPS) is 12.5. The highest BCUT2D eigenvalue weighted by Crippen LogP contribution is 2.03. The van der Waals surface area contributed by atoms with E-state index in [1.807, 2.05) is 0 Å². The molecule has 3 heteroatoms. The van der Waals surface area contributed by atoms with Gasteiger partial charge in [0.2, 0.25) is 0 Å². The minimum absolute atomic E-state index is 1.17. The van der Waals surface area contributed by atoms with E-state index in [1.54, 1.807) is 0 Å². The first-order valence-electron chi connectivity index (χ1n) is 5.15. The second-order valence-corrected chi connectivity index (χ2v) is 5.26. The van der Waals surface area contributed by atoms with Crippen LogP contribution in [0.15, 0.2) is 0 Å². The lowest BCUT2D eigenvalue weighted by molar-refractivity contribution is -0.890. The Morgan fingerprint density at radius 2 is 1.62 bits per heavy atom. The highest BCUT2D eigenvalue weighted by Gasteiger charge is 2.12. The molecule has 1 atom stereocenters. The molecule has 0 aliphatic rings. The Bertz CT molecular complexity index is 124. The summed E-state index contributed by atoms with van der Waals surface area (Å²) in [7, 11) is 11.7. The molecule has 80 valence electrons. The van der Waals surface area contributed by atoms with Gasteiger partial charge in [0.25, 0.3) is 0 Å². The lowest BCUT2D eigenvalue weighted by atomic mass is 10.3. The van der Waals surface area contributed by atoms with Crippen LogP contribution in [0, 0.1) is 0 Å². The van der Waals surface area contributed by atoms with Gasteiger partial charge in [-0.05, 0) is 26.7 Å². The van der Waals surface area contributed by atoms with Gasteiger partial charge in [-0.3, -0.25) is 0 Å². The van der Waals surface area contributed by atoms with Gasteiger partial charge in [0.1, 0.15) is 0 Å². The first-order valence-corrected chi connectivity index (χ1v) is 5.96. The summed E-state index contributed by atoms with van der Waals surface area (Å²) < 4.78 is 1.17. The van der Waals surface area contributed by atoms with Crippen LogP contribution in [0.5, 0.6) is 0 Å². The molecule has 13 heavy (non-hydrogen) atoms. The van der Waals surface area contributed by atoms with Gasteiger partial charge in [0.15, 0.2) is 0 Å². The molecule has 0 saturated carbocycles. The average molecular weight is 205 g/mol. The molecule has 0 amide bonds. The third-order valence-corrected chi connectivity index (χ3v) is 2.74. The monoisotopic (exact) mass is 205 g/mol. The van der Waals surface area contributed by atoms with E-state index in [2.05, 4.69) is 42.3 Å². The Kier molecular flexibility index (Phi) is 6.93. The molecule has 0 radical (unpaired) electrons. The summed E-state index contributed by atoms with van der Waals surface area (Å²) in [5, 5.41) is 0. The Labute approximate surface area is 86.1 Å². The number of hydrogen-bond acceptors (Lipinski definition) is 1. The van der Waals surface area contributed by atoms with E-state index in [-0.39, 0.29) is 0 Å². The first kappa shape index (κ1) is 13.4. The largest absolute Gasteiger partial charge is 0.328 e. The molecule has 0 heterocycles. The Morgan fingerprint density at radius 3 is 2.08 bits per heavy atom. The zero-order chi connectivity index (χ0) is 10.3. The highest BCUT2D eigenvalue weighted by molar-refractivity contribution is 7.16. The maximum Gasteiger partial charge on any atom is 0.0794 e. The lowest BCUT2D eigenvalue weighted by Gasteiger charge is -2.30. The molecule has 1 unspecified atom stereocenters. The van der Waals surface area contributed by atoms with Crippen LogP contribution < -0.4 is 0 Å². The summed E-state index contributed by atoms with van der Waals surface area (Å²) in [6.45, 7) is 3.81. The molecule has 2 nitrogen and oxygen atoms in total. The standard InChI is InChI=1S/C10H26N2P/c1-11(2)7-5-8-12(3,4)9-6-10-13/h5-10,13H2,1-4H3/q+1. The van der Waals surface area contributed by atoms with E-state index in [9.17, 15) is 0 Å². The van der Waals surface area contributed by atoms with Gasteiger partial charge in [-0.2, -0.15) is 0 Å².